The molecular formula is C16H18N4O8S. The standard InChI is InChI=1S/C16H18N4O8S/c1-26-11-8-12(27-2)18-15(17-11)20-16(22)19-13(29(23,24)25)9-6-4-5-7-10(9)14(21)28-3/h4-8,13H,1-3H3,(H,23,24,25)(H2,17,18,19,20,22). The Morgan fingerprint density at radius 2 is 1.66 bits per heavy atom. The lowest BCUT2D eigenvalue weighted by Gasteiger charge is -2.18. The minimum Gasteiger partial charge on any atom is -0.481 e. The molecule has 0 aliphatic carbocycles. The van der Waals surface area contributed by atoms with Gasteiger partial charge in [0.25, 0.3) is 10.1 Å². The number of rotatable bonds is 7. The lowest BCUT2D eigenvalue weighted by Crippen LogP contribution is -2.37. The molecule has 0 bridgehead atoms. The zero-order chi connectivity index (χ0) is 21.6. The first-order chi connectivity index (χ1) is 13.7. The minimum atomic E-state index is -4.87. The van der Waals surface area contributed by atoms with Gasteiger partial charge in [0.1, 0.15) is 0 Å². The third-order valence-corrected chi connectivity index (χ3v) is 4.50. The van der Waals surface area contributed by atoms with Gasteiger partial charge in [0, 0.05) is 5.56 Å². The van der Waals surface area contributed by atoms with E-state index >= 15 is 0 Å². The summed E-state index contributed by atoms with van der Waals surface area (Å²) in [5.41, 5.74) is -0.349. The van der Waals surface area contributed by atoms with Crippen molar-refractivity contribution in [1.82, 2.24) is 15.3 Å². The van der Waals surface area contributed by atoms with Crippen LogP contribution in [-0.2, 0) is 14.9 Å². The smallest absolute Gasteiger partial charge is 0.338 e. The summed E-state index contributed by atoms with van der Waals surface area (Å²) < 4.78 is 47.8. The molecule has 0 aliphatic rings. The Hall–Kier alpha value is -3.45. The molecule has 0 saturated heterocycles. The van der Waals surface area contributed by atoms with Crippen LogP contribution in [0.5, 0.6) is 11.8 Å². The van der Waals surface area contributed by atoms with E-state index in [1.807, 2.05) is 0 Å². The van der Waals surface area contributed by atoms with Gasteiger partial charge in [0.2, 0.25) is 17.7 Å². The summed E-state index contributed by atoms with van der Waals surface area (Å²) in [4.78, 5) is 32.0. The number of carbonyl (C=O) groups excluding carboxylic acids is 2. The number of aromatic nitrogens is 2. The zero-order valence-corrected chi connectivity index (χ0v) is 16.4. The SMILES string of the molecule is COC(=O)c1ccccc1C(NC(=O)Nc1nc(OC)cc(OC)n1)S(=O)(=O)O. The van der Waals surface area contributed by atoms with Crippen LogP contribution in [0.25, 0.3) is 0 Å². The van der Waals surface area contributed by atoms with Crippen LogP contribution in [0.4, 0.5) is 10.7 Å². The van der Waals surface area contributed by atoms with Crippen LogP contribution in [0.2, 0.25) is 0 Å². The molecule has 0 aliphatic heterocycles. The fourth-order valence-electron chi connectivity index (χ4n) is 2.26. The fourth-order valence-corrected chi connectivity index (χ4v) is 3.04. The summed E-state index contributed by atoms with van der Waals surface area (Å²) >= 11 is 0. The monoisotopic (exact) mass is 426 g/mol. The lowest BCUT2D eigenvalue weighted by atomic mass is 10.1. The molecule has 12 nitrogen and oxygen atoms in total. The Kier molecular flexibility index (Phi) is 6.90. The number of benzene rings is 1. The quantitative estimate of drug-likeness (QED) is 0.429. The first kappa shape index (κ1) is 21.8. The van der Waals surface area contributed by atoms with Gasteiger partial charge in [-0.05, 0) is 6.07 Å². The second-order valence-corrected chi connectivity index (χ2v) is 6.85. The number of nitrogens with zero attached hydrogens (tertiary/aromatic N) is 2. The van der Waals surface area contributed by atoms with Crippen molar-refractivity contribution in [3.63, 3.8) is 0 Å². The van der Waals surface area contributed by atoms with E-state index in [1.165, 1.54) is 44.6 Å². The van der Waals surface area contributed by atoms with Crippen molar-refractivity contribution in [3.05, 3.63) is 41.5 Å². The van der Waals surface area contributed by atoms with Gasteiger partial charge >= 0.3 is 12.0 Å². The predicted molar refractivity (Wildman–Crippen MR) is 99.4 cm³/mol. The van der Waals surface area contributed by atoms with Gasteiger partial charge in [-0.1, -0.05) is 18.2 Å². The highest BCUT2D eigenvalue weighted by atomic mass is 32.2. The van der Waals surface area contributed by atoms with Crippen LogP contribution in [0.15, 0.2) is 30.3 Å². The highest BCUT2D eigenvalue weighted by molar-refractivity contribution is 7.86. The number of urea groups is 1. The molecular weight excluding hydrogens is 408 g/mol. The summed E-state index contributed by atoms with van der Waals surface area (Å²) in [7, 11) is -1.08. The minimum absolute atomic E-state index is 0.0783. The fraction of sp³-hybridized carbons (Fsp3) is 0.250. The van der Waals surface area contributed by atoms with Crippen LogP contribution in [0.3, 0.4) is 0 Å². The van der Waals surface area contributed by atoms with Crippen molar-refractivity contribution in [1.29, 1.82) is 0 Å². The Balaban J connectivity index is 2.34. The topological polar surface area (TPSA) is 166 Å². The molecule has 0 saturated carbocycles. The number of ether oxygens (including phenoxy) is 3. The number of hydrogen-bond acceptors (Lipinski definition) is 9. The first-order valence-corrected chi connectivity index (χ1v) is 9.38. The van der Waals surface area contributed by atoms with Crippen molar-refractivity contribution in [3.8, 4) is 11.8 Å². The average molecular weight is 426 g/mol. The normalized spacial score (nSPS) is 11.9. The van der Waals surface area contributed by atoms with Crippen molar-refractivity contribution in [2.45, 2.75) is 5.37 Å². The molecule has 0 radical (unpaired) electrons. The molecule has 13 heteroatoms. The second kappa shape index (κ2) is 9.16. The molecule has 1 atom stereocenters. The molecule has 1 aromatic carbocycles. The maximum absolute atomic E-state index is 12.3. The number of methoxy groups -OCH3 is 3. The first-order valence-electron chi connectivity index (χ1n) is 7.87. The van der Waals surface area contributed by atoms with E-state index in [0.29, 0.717) is 0 Å². The summed E-state index contributed by atoms with van der Waals surface area (Å²) in [6.45, 7) is 0. The molecule has 0 spiro atoms. The highest BCUT2D eigenvalue weighted by Gasteiger charge is 2.31. The molecule has 3 N–H and O–H groups in total. The van der Waals surface area contributed by atoms with Crippen molar-refractivity contribution in [2.75, 3.05) is 26.6 Å². The van der Waals surface area contributed by atoms with Gasteiger partial charge in [-0.25, -0.2) is 9.59 Å². The lowest BCUT2D eigenvalue weighted by molar-refractivity contribution is 0.0599. The van der Waals surface area contributed by atoms with Gasteiger partial charge in [-0.15, -0.1) is 0 Å². The number of hydrogen-bond donors (Lipinski definition) is 3. The molecule has 0 fully saturated rings. The summed E-state index contributed by atoms with van der Waals surface area (Å²) in [6.07, 6.45) is 0. The molecule has 29 heavy (non-hydrogen) atoms. The Bertz CT molecular complexity index is 989. The Morgan fingerprint density at radius 3 is 2.17 bits per heavy atom. The van der Waals surface area contributed by atoms with E-state index in [4.69, 9.17) is 9.47 Å². The van der Waals surface area contributed by atoms with Crippen molar-refractivity contribution >= 4 is 28.1 Å². The number of anilines is 1. The molecule has 1 unspecified atom stereocenters. The van der Waals surface area contributed by atoms with Crippen LogP contribution in [0, 0.1) is 0 Å². The molecule has 2 aromatic rings. The van der Waals surface area contributed by atoms with E-state index in [2.05, 4.69) is 25.3 Å². The van der Waals surface area contributed by atoms with E-state index in [1.54, 1.807) is 0 Å². The molecule has 2 amide bonds. The molecule has 2 rings (SSSR count). The third kappa shape index (κ3) is 5.52. The van der Waals surface area contributed by atoms with Crippen LogP contribution < -0.4 is 20.1 Å². The van der Waals surface area contributed by atoms with Gasteiger partial charge in [-0.2, -0.15) is 18.4 Å². The summed E-state index contributed by atoms with van der Waals surface area (Å²) in [5, 5.41) is 2.29. The van der Waals surface area contributed by atoms with E-state index in [0.717, 1.165) is 7.11 Å². The summed E-state index contributed by atoms with van der Waals surface area (Å²) in [5.74, 6) is -0.949. The third-order valence-electron chi connectivity index (χ3n) is 3.53. The van der Waals surface area contributed by atoms with Crippen molar-refractivity contribution < 1.29 is 36.8 Å². The van der Waals surface area contributed by atoms with E-state index in [9.17, 15) is 22.6 Å². The van der Waals surface area contributed by atoms with Crippen LogP contribution in [0.1, 0.15) is 21.3 Å². The predicted octanol–water partition coefficient (Wildman–Crippen LogP) is 0.988. The average Bonchev–Trinajstić information content (AvgIpc) is 2.70. The Labute approximate surface area is 166 Å². The molecule has 1 heterocycles. The van der Waals surface area contributed by atoms with Gasteiger partial charge in [-0.3, -0.25) is 9.87 Å². The molecule has 1 aromatic heterocycles. The second-order valence-electron chi connectivity index (χ2n) is 5.35. The number of amides is 2. The van der Waals surface area contributed by atoms with E-state index < -0.39 is 27.5 Å². The Morgan fingerprint density at radius 1 is 1.07 bits per heavy atom. The van der Waals surface area contributed by atoms with Crippen LogP contribution in [-0.4, -0.2) is 56.3 Å². The van der Waals surface area contributed by atoms with Crippen LogP contribution >= 0.6 is 0 Å². The van der Waals surface area contributed by atoms with Gasteiger partial charge in [0.15, 0.2) is 5.37 Å². The van der Waals surface area contributed by atoms with Gasteiger partial charge < -0.3 is 19.5 Å². The maximum Gasteiger partial charge on any atom is 0.338 e. The molecule has 156 valence electrons. The van der Waals surface area contributed by atoms with E-state index in [-0.39, 0.29) is 28.8 Å². The zero-order valence-electron chi connectivity index (χ0n) is 15.6. The number of nitrogens with one attached hydrogen (secondary N) is 2. The largest absolute Gasteiger partial charge is 0.481 e. The highest BCUT2D eigenvalue weighted by Crippen LogP contribution is 2.24. The number of carbonyl (C=O) groups is 2. The summed E-state index contributed by atoms with van der Waals surface area (Å²) in [6, 6.07) is 5.70. The number of esters is 1. The van der Waals surface area contributed by atoms with Gasteiger partial charge in [0.05, 0.1) is 33.0 Å². The maximum atomic E-state index is 12.3. The van der Waals surface area contributed by atoms with Crippen molar-refractivity contribution in [2.24, 2.45) is 0 Å².